The van der Waals surface area contributed by atoms with Gasteiger partial charge in [-0.05, 0) is 67.6 Å². The molecule has 6 heteroatoms. The zero-order valence-corrected chi connectivity index (χ0v) is 23.3. The lowest BCUT2D eigenvalue weighted by Gasteiger charge is -2.62. The van der Waals surface area contributed by atoms with E-state index in [2.05, 4.69) is 25.8 Å². The third-order valence-electron chi connectivity index (χ3n) is 12.8. The van der Waals surface area contributed by atoms with Gasteiger partial charge in [-0.1, -0.05) is 13.8 Å². The number of fused-ring (bicyclic) bond motifs is 5. The van der Waals surface area contributed by atoms with Gasteiger partial charge in [0.25, 0.3) is 0 Å². The van der Waals surface area contributed by atoms with Crippen molar-refractivity contribution in [1.29, 1.82) is 0 Å². The van der Waals surface area contributed by atoms with E-state index in [-0.39, 0.29) is 29.6 Å². The average molecular weight is 504 g/mol. The first-order chi connectivity index (χ1) is 17.2. The van der Waals surface area contributed by atoms with Gasteiger partial charge in [0, 0.05) is 50.7 Å². The Morgan fingerprint density at radius 3 is 2.44 bits per heavy atom. The third kappa shape index (κ3) is 3.91. The molecule has 1 N–H and O–H groups in total. The summed E-state index contributed by atoms with van der Waals surface area (Å²) in [5.41, 5.74) is 0.399. The molecule has 36 heavy (non-hydrogen) atoms. The summed E-state index contributed by atoms with van der Waals surface area (Å²) in [6.07, 6.45) is 10.8. The van der Waals surface area contributed by atoms with Gasteiger partial charge in [0.05, 0.1) is 39.5 Å². The molecule has 0 aromatic heterocycles. The Hall–Kier alpha value is -0.690. The lowest BCUT2D eigenvalue weighted by Crippen LogP contribution is -2.61. The summed E-state index contributed by atoms with van der Waals surface area (Å²) in [5, 5.41) is 11.2. The van der Waals surface area contributed by atoms with Crippen LogP contribution in [-0.4, -0.2) is 91.2 Å². The van der Waals surface area contributed by atoms with Crippen molar-refractivity contribution in [2.75, 3.05) is 46.4 Å². The number of carbonyl (C=O) groups excluding carboxylic acids is 1. The van der Waals surface area contributed by atoms with E-state index < -0.39 is 0 Å². The van der Waals surface area contributed by atoms with E-state index in [0.717, 1.165) is 55.5 Å². The number of carbonyl (C=O) groups is 1. The minimum atomic E-state index is -0.199. The number of rotatable bonds is 3. The molecular weight excluding hydrogens is 452 g/mol. The number of hydrogen-bond acceptors (Lipinski definition) is 5. The van der Waals surface area contributed by atoms with Gasteiger partial charge in [0.15, 0.2) is 6.10 Å². The van der Waals surface area contributed by atoms with Crippen molar-refractivity contribution in [3.63, 3.8) is 0 Å². The van der Waals surface area contributed by atoms with Crippen molar-refractivity contribution in [2.24, 2.45) is 34.5 Å². The first-order valence-corrected chi connectivity index (χ1v) is 15.2. The van der Waals surface area contributed by atoms with Crippen molar-refractivity contribution in [1.82, 2.24) is 4.90 Å². The molecule has 0 bridgehead atoms. The number of aliphatic hydroxyl groups excluding tert-OH is 1. The monoisotopic (exact) mass is 503 g/mol. The van der Waals surface area contributed by atoms with Crippen molar-refractivity contribution >= 4 is 5.97 Å². The molecule has 6 rings (SSSR count). The van der Waals surface area contributed by atoms with E-state index in [0.29, 0.717) is 23.3 Å². The Morgan fingerprint density at radius 2 is 1.75 bits per heavy atom. The number of esters is 1. The highest BCUT2D eigenvalue weighted by molar-refractivity contribution is 5.66. The second kappa shape index (κ2) is 9.20. The molecule has 6 aliphatic rings. The summed E-state index contributed by atoms with van der Waals surface area (Å²) in [4.78, 5) is 14.9. The number of quaternary nitrogens is 1. The van der Waals surface area contributed by atoms with Gasteiger partial charge in [0.1, 0.15) is 6.04 Å². The van der Waals surface area contributed by atoms with Crippen molar-refractivity contribution < 1.29 is 23.9 Å². The van der Waals surface area contributed by atoms with Gasteiger partial charge in [0.2, 0.25) is 0 Å². The van der Waals surface area contributed by atoms with E-state index in [9.17, 15) is 9.90 Å². The van der Waals surface area contributed by atoms with Crippen LogP contribution >= 0.6 is 0 Å². The van der Waals surface area contributed by atoms with Gasteiger partial charge >= 0.3 is 5.97 Å². The van der Waals surface area contributed by atoms with Gasteiger partial charge in [-0.15, -0.1) is 0 Å². The molecule has 2 heterocycles. The van der Waals surface area contributed by atoms with E-state index in [4.69, 9.17) is 9.47 Å². The van der Waals surface area contributed by atoms with E-state index in [1.807, 2.05) is 0 Å². The second-order valence-corrected chi connectivity index (χ2v) is 14.4. The Morgan fingerprint density at radius 1 is 1.03 bits per heavy atom. The van der Waals surface area contributed by atoms with Crippen molar-refractivity contribution in [3.05, 3.63) is 0 Å². The summed E-state index contributed by atoms with van der Waals surface area (Å²) in [5.74, 6) is 2.64. The van der Waals surface area contributed by atoms with Gasteiger partial charge in [-0.3, -0.25) is 9.69 Å². The molecule has 10 atom stereocenters. The fraction of sp³-hybridized carbons (Fsp3) is 0.967. The number of nitrogens with zero attached hydrogens (tertiary/aromatic N) is 2. The first kappa shape index (κ1) is 25.6. The van der Waals surface area contributed by atoms with Crippen LogP contribution < -0.4 is 0 Å². The van der Waals surface area contributed by atoms with Crippen LogP contribution in [0.15, 0.2) is 0 Å². The Balaban J connectivity index is 1.29. The van der Waals surface area contributed by atoms with E-state index in [1.54, 1.807) is 6.92 Å². The Kier molecular flexibility index (Phi) is 6.54. The predicted octanol–water partition coefficient (Wildman–Crippen LogP) is 3.85. The normalized spacial score (nSPS) is 50.7. The maximum Gasteiger partial charge on any atom is 0.303 e. The van der Waals surface area contributed by atoms with Gasteiger partial charge in [-0.25, -0.2) is 0 Å². The lowest BCUT2D eigenvalue weighted by atomic mass is 9.44. The number of aliphatic hydroxyl groups is 1. The van der Waals surface area contributed by atoms with Crippen LogP contribution in [0.25, 0.3) is 0 Å². The highest BCUT2D eigenvalue weighted by Crippen LogP contribution is 2.67. The SMILES string of the molecule is CC(=O)O[C@H]1[C@@H]([N+]2(C)CCCC2)C[C@H]2[C@@H]3CC[C@H]4C[C@H](O)[C@H](N5CCOCC5)C[C@]4(C)[C@H]3CC[C@@]21C. The number of morpholine rings is 1. The smallest absolute Gasteiger partial charge is 0.303 e. The van der Waals surface area contributed by atoms with E-state index >= 15 is 0 Å². The quantitative estimate of drug-likeness (QED) is 0.468. The van der Waals surface area contributed by atoms with Crippen molar-refractivity contribution in [3.8, 4) is 0 Å². The third-order valence-corrected chi connectivity index (χ3v) is 12.8. The zero-order chi connectivity index (χ0) is 25.3. The summed E-state index contributed by atoms with van der Waals surface area (Å²) < 4.78 is 13.0. The molecule has 4 saturated carbocycles. The molecule has 0 aromatic rings. The van der Waals surface area contributed by atoms with Gasteiger partial charge < -0.3 is 19.1 Å². The minimum absolute atomic E-state index is 0.0591. The first-order valence-electron chi connectivity index (χ1n) is 15.2. The molecule has 6 fully saturated rings. The molecule has 2 saturated heterocycles. The number of ether oxygens (including phenoxy) is 2. The van der Waals surface area contributed by atoms with Crippen LogP contribution in [-0.2, 0) is 14.3 Å². The van der Waals surface area contributed by atoms with Crippen LogP contribution in [0.4, 0.5) is 0 Å². The highest BCUT2D eigenvalue weighted by atomic mass is 16.5. The van der Waals surface area contributed by atoms with Crippen LogP contribution in [0.3, 0.4) is 0 Å². The molecule has 0 aromatic carbocycles. The molecular formula is C30H51N2O4+. The fourth-order valence-corrected chi connectivity index (χ4v) is 10.9. The standard InChI is InChI=1S/C30H51N2O4/c1-20(33)36-28-26(32(4)13-5-6-14-32)18-24-22-8-7-21-17-27(34)25(31-11-15-35-16-12-31)19-30(21,3)23(22)9-10-29(24,28)2/h21-28,34H,5-19H2,1-4H3/q+1/t21-,22+,23-,24-,25+,26-,27-,28-,29-,30-/m0/s1. The van der Waals surface area contributed by atoms with E-state index in [1.165, 1.54) is 58.0 Å². The molecule has 0 unspecified atom stereocenters. The summed E-state index contributed by atoms with van der Waals surface area (Å²) >= 11 is 0. The largest absolute Gasteiger partial charge is 0.456 e. The second-order valence-electron chi connectivity index (χ2n) is 14.4. The van der Waals surface area contributed by atoms with Crippen LogP contribution in [0.5, 0.6) is 0 Å². The molecule has 2 aliphatic heterocycles. The molecule has 0 amide bonds. The molecule has 0 spiro atoms. The zero-order valence-electron chi connectivity index (χ0n) is 23.3. The number of hydrogen-bond donors (Lipinski definition) is 1. The topological polar surface area (TPSA) is 59.0 Å². The summed E-state index contributed by atoms with van der Waals surface area (Å²) in [7, 11) is 2.44. The predicted molar refractivity (Wildman–Crippen MR) is 139 cm³/mol. The minimum Gasteiger partial charge on any atom is -0.456 e. The summed E-state index contributed by atoms with van der Waals surface area (Å²) in [6, 6.07) is 0.728. The van der Waals surface area contributed by atoms with Gasteiger partial charge in [-0.2, -0.15) is 0 Å². The Labute approximate surface area is 218 Å². The number of likely N-dealkylation sites (N-methyl/N-ethyl adjacent to an activating group) is 1. The molecule has 204 valence electrons. The van der Waals surface area contributed by atoms with Crippen molar-refractivity contribution in [2.45, 2.75) is 103 Å². The highest BCUT2D eigenvalue weighted by Gasteiger charge is 2.67. The van der Waals surface area contributed by atoms with Crippen LogP contribution in [0.1, 0.15) is 78.6 Å². The summed E-state index contributed by atoms with van der Waals surface area (Å²) in [6.45, 7) is 12.7. The molecule has 6 nitrogen and oxygen atoms in total. The van der Waals surface area contributed by atoms with Crippen LogP contribution in [0, 0.1) is 34.5 Å². The van der Waals surface area contributed by atoms with Crippen LogP contribution in [0.2, 0.25) is 0 Å². The maximum absolute atomic E-state index is 12.4. The number of likely N-dealkylation sites (tertiary alicyclic amines) is 1. The fourth-order valence-electron chi connectivity index (χ4n) is 10.9. The maximum atomic E-state index is 12.4. The lowest BCUT2D eigenvalue weighted by molar-refractivity contribution is -0.924. The molecule has 0 radical (unpaired) electrons. The average Bonchev–Trinajstić information content (AvgIpc) is 3.42. The Bertz CT molecular complexity index is 839. The molecule has 4 aliphatic carbocycles.